The molecule has 0 saturated heterocycles. The number of nitrogens with zero attached hydrogens (tertiary/aromatic N) is 1. The lowest BCUT2D eigenvalue weighted by Crippen LogP contribution is -2.29. The van der Waals surface area contributed by atoms with E-state index in [1.54, 1.807) is 0 Å². The van der Waals surface area contributed by atoms with E-state index in [0.717, 1.165) is 11.8 Å². The predicted octanol–water partition coefficient (Wildman–Crippen LogP) is 2.35. The first-order valence-corrected chi connectivity index (χ1v) is 8.08. The third-order valence-electron chi connectivity index (χ3n) is 2.97. The van der Waals surface area contributed by atoms with Gasteiger partial charge in [0.1, 0.15) is 0 Å². The molecule has 0 bridgehead atoms. The number of aromatic carboxylic acids is 1. The fraction of sp³-hybridized carbons (Fsp3) is 0.133. The van der Waals surface area contributed by atoms with Gasteiger partial charge in [-0.1, -0.05) is 30.3 Å². The van der Waals surface area contributed by atoms with Crippen LogP contribution in [0.2, 0.25) is 0 Å². The van der Waals surface area contributed by atoms with Gasteiger partial charge in [-0.25, -0.2) is 13.2 Å². The van der Waals surface area contributed by atoms with Gasteiger partial charge in [0, 0.05) is 0 Å². The SMILES string of the molecule is CS(=O)(=O)N(Cc1ccccc1)c1ccc(C(=O)O)cc1. The number of carbonyl (C=O) groups is 1. The molecule has 1 N–H and O–H groups in total. The lowest BCUT2D eigenvalue weighted by molar-refractivity contribution is 0.0697. The van der Waals surface area contributed by atoms with Crippen LogP contribution in [0.15, 0.2) is 54.6 Å². The van der Waals surface area contributed by atoms with Gasteiger partial charge in [0.15, 0.2) is 0 Å². The first kappa shape index (κ1) is 15.1. The van der Waals surface area contributed by atoms with Crippen molar-refractivity contribution in [3.8, 4) is 0 Å². The molecule has 0 heterocycles. The number of benzene rings is 2. The zero-order valence-electron chi connectivity index (χ0n) is 11.4. The summed E-state index contributed by atoms with van der Waals surface area (Å²) in [6.45, 7) is 0.200. The Kier molecular flexibility index (Phi) is 4.28. The number of anilines is 1. The Labute approximate surface area is 123 Å². The number of carboxylic acids is 1. The van der Waals surface area contributed by atoms with Crippen molar-refractivity contribution in [2.45, 2.75) is 6.54 Å². The lowest BCUT2D eigenvalue weighted by atomic mass is 10.2. The van der Waals surface area contributed by atoms with Crippen molar-refractivity contribution in [2.24, 2.45) is 0 Å². The van der Waals surface area contributed by atoms with Crippen LogP contribution >= 0.6 is 0 Å². The minimum absolute atomic E-state index is 0.118. The van der Waals surface area contributed by atoms with Gasteiger partial charge in [0.05, 0.1) is 24.1 Å². The molecule has 0 spiro atoms. The van der Waals surface area contributed by atoms with Gasteiger partial charge in [-0.3, -0.25) is 4.31 Å². The van der Waals surface area contributed by atoms with Crippen LogP contribution in [0.1, 0.15) is 15.9 Å². The quantitative estimate of drug-likeness (QED) is 0.920. The van der Waals surface area contributed by atoms with Crippen molar-refractivity contribution < 1.29 is 18.3 Å². The second-order valence-corrected chi connectivity index (χ2v) is 6.51. The lowest BCUT2D eigenvalue weighted by Gasteiger charge is -2.22. The van der Waals surface area contributed by atoms with Crippen LogP contribution in [0.3, 0.4) is 0 Å². The molecule has 2 aromatic rings. The second-order valence-electron chi connectivity index (χ2n) is 4.61. The van der Waals surface area contributed by atoms with Crippen molar-refractivity contribution in [3.63, 3.8) is 0 Å². The summed E-state index contributed by atoms with van der Waals surface area (Å²) in [5.74, 6) is -1.05. The third-order valence-corrected chi connectivity index (χ3v) is 4.11. The Morgan fingerprint density at radius 3 is 2.10 bits per heavy atom. The fourth-order valence-electron chi connectivity index (χ4n) is 1.92. The van der Waals surface area contributed by atoms with Crippen molar-refractivity contribution in [3.05, 3.63) is 65.7 Å². The van der Waals surface area contributed by atoms with Crippen molar-refractivity contribution >= 4 is 21.7 Å². The molecule has 0 aliphatic carbocycles. The highest BCUT2D eigenvalue weighted by atomic mass is 32.2. The highest BCUT2D eigenvalue weighted by molar-refractivity contribution is 7.92. The molecule has 0 aliphatic rings. The van der Waals surface area contributed by atoms with Gasteiger partial charge in [0.25, 0.3) is 0 Å². The van der Waals surface area contributed by atoms with E-state index in [-0.39, 0.29) is 12.1 Å². The molecule has 6 heteroatoms. The largest absolute Gasteiger partial charge is 0.478 e. The molecule has 0 aromatic heterocycles. The van der Waals surface area contributed by atoms with Gasteiger partial charge in [-0.2, -0.15) is 0 Å². The minimum Gasteiger partial charge on any atom is -0.478 e. The zero-order valence-corrected chi connectivity index (χ0v) is 12.2. The molecule has 21 heavy (non-hydrogen) atoms. The van der Waals surface area contributed by atoms with Gasteiger partial charge in [-0.05, 0) is 29.8 Å². The van der Waals surface area contributed by atoms with E-state index in [9.17, 15) is 13.2 Å². The number of carboxylic acid groups (broad SMARTS) is 1. The number of rotatable bonds is 5. The van der Waals surface area contributed by atoms with Gasteiger partial charge < -0.3 is 5.11 Å². The summed E-state index contributed by atoms with van der Waals surface area (Å²) in [7, 11) is -3.46. The monoisotopic (exact) mass is 305 g/mol. The Hall–Kier alpha value is -2.34. The molecular weight excluding hydrogens is 290 g/mol. The first-order chi connectivity index (χ1) is 9.88. The summed E-state index contributed by atoms with van der Waals surface area (Å²) in [4.78, 5) is 10.8. The molecule has 2 rings (SSSR count). The molecule has 0 aliphatic heterocycles. The highest BCUT2D eigenvalue weighted by Gasteiger charge is 2.18. The smallest absolute Gasteiger partial charge is 0.335 e. The summed E-state index contributed by atoms with van der Waals surface area (Å²) < 4.78 is 25.2. The maximum Gasteiger partial charge on any atom is 0.335 e. The molecule has 0 fully saturated rings. The van der Waals surface area contributed by atoms with Crippen LogP contribution in [0.5, 0.6) is 0 Å². The van der Waals surface area contributed by atoms with E-state index < -0.39 is 16.0 Å². The van der Waals surface area contributed by atoms with Crippen molar-refractivity contribution in [1.29, 1.82) is 0 Å². The molecule has 0 radical (unpaired) electrons. The maximum atomic E-state index is 12.0. The van der Waals surface area contributed by atoms with Crippen LogP contribution in [-0.2, 0) is 16.6 Å². The topological polar surface area (TPSA) is 74.7 Å². The third kappa shape index (κ3) is 3.82. The molecule has 0 unspecified atom stereocenters. The van der Waals surface area contributed by atoms with Crippen LogP contribution in [0.25, 0.3) is 0 Å². The zero-order chi connectivity index (χ0) is 15.5. The Balaban J connectivity index is 2.35. The van der Waals surface area contributed by atoms with E-state index in [1.807, 2.05) is 30.3 Å². The van der Waals surface area contributed by atoms with E-state index in [1.165, 1.54) is 28.6 Å². The van der Waals surface area contributed by atoms with Gasteiger partial charge >= 0.3 is 5.97 Å². The summed E-state index contributed by atoms with van der Waals surface area (Å²) >= 11 is 0. The standard InChI is InChI=1S/C15H15NO4S/c1-21(19,20)16(11-12-5-3-2-4-6-12)14-9-7-13(8-10-14)15(17)18/h2-10H,11H2,1H3,(H,17,18). The van der Waals surface area contributed by atoms with E-state index in [2.05, 4.69) is 0 Å². The molecule has 2 aromatic carbocycles. The van der Waals surface area contributed by atoms with Crippen LogP contribution in [-0.4, -0.2) is 25.7 Å². The molecule has 0 atom stereocenters. The molecular formula is C15H15NO4S. The number of sulfonamides is 1. The Morgan fingerprint density at radius 1 is 1.05 bits per heavy atom. The van der Waals surface area contributed by atoms with Crippen LogP contribution in [0, 0.1) is 0 Å². The summed E-state index contributed by atoms with van der Waals surface area (Å²) in [5.41, 5.74) is 1.41. The highest BCUT2D eigenvalue weighted by Crippen LogP contribution is 2.21. The Morgan fingerprint density at radius 2 is 1.62 bits per heavy atom. The van der Waals surface area contributed by atoms with Crippen LogP contribution < -0.4 is 4.31 Å². The number of hydrogen-bond acceptors (Lipinski definition) is 3. The maximum absolute atomic E-state index is 12.0. The predicted molar refractivity (Wildman–Crippen MR) is 80.9 cm³/mol. The summed E-state index contributed by atoms with van der Waals surface area (Å²) in [6.07, 6.45) is 1.13. The van der Waals surface area contributed by atoms with Gasteiger partial charge in [0.2, 0.25) is 10.0 Å². The molecule has 0 amide bonds. The fourth-order valence-corrected chi connectivity index (χ4v) is 2.81. The molecule has 0 saturated carbocycles. The minimum atomic E-state index is -3.46. The first-order valence-electron chi connectivity index (χ1n) is 6.23. The normalized spacial score (nSPS) is 11.1. The van der Waals surface area contributed by atoms with Crippen LogP contribution in [0.4, 0.5) is 5.69 Å². The average Bonchev–Trinajstić information content (AvgIpc) is 2.45. The summed E-state index contributed by atoms with van der Waals surface area (Å²) in [6, 6.07) is 15.0. The Bertz CT molecular complexity index is 724. The second kappa shape index (κ2) is 5.97. The summed E-state index contributed by atoms with van der Waals surface area (Å²) in [5, 5.41) is 8.88. The van der Waals surface area contributed by atoms with Crippen molar-refractivity contribution in [1.82, 2.24) is 0 Å². The average molecular weight is 305 g/mol. The number of hydrogen-bond donors (Lipinski definition) is 1. The van der Waals surface area contributed by atoms with E-state index in [0.29, 0.717) is 5.69 Å². The van der Waals surface area contributed by atoms with E-state index in [4.69, 9.17) is 5.11 Å². The molecule has 5 nitrogen and oxygen atoms in total. The van der Waals surface area contributed by atoms with Crippen molar-refractivity contribution in [2.75, 3.05) is 10.6 Å². The van der Waals surface area contributed by atoms with E-state index >= 15 is 0 Å². The molecule has 110 valence electrons. The van der Waals surface area contributed by atoms with Gasteiger partial charge in [-0.15, -0.1) is 0 Å².